The highest BCUT2D eigenvalue weighted by atomic mass is 32.2. The Bertz CT molecular complexity index is 1240. The van der Waals surface area contributed by atoms with E-state index in [9.17, 15) is 13.2 Å². The SMILES string of the molecule is CCOc1ccc(CN(CC)C(=O)c2ccc(S(=O)(=O)Nc3ccc(OC)cc3)cc2)cc1OC. The molecule has 3 aromatic carbocycles. The van der Waals surface area contributed by atoms with E-state index in [-0.39, 0.29) is 10.8 Å². The normalized spacial score (nSPS) is 11.0. The smallest absolute Gasteiger partial charge is 0.261 e. The zero-order valence-electron chi connectivity index (χ0n) is 20.3. The molecule has 0 bridgehead atoms. The lowest BCUT2D eigenvalue weighted by Crippen LogP contribution is -2.30. The van der Waals surface area contributed by atoms with Gasteiger partial charge in [-0.15, -0.1) is 0 Å². The molecule has 0 aromatic heterocycles. The summed E-state index contributed by atoms with van der Waals surface area (Å²) >= 11 is 0. The van der Waals surface area contributed by atoms with Crippen molar-refractivity contribution in [3.8, 4) is 17.2 Å². The Morgan fingerprint density at radius 2 is 1.57 bits per heavy atom. The first-order chi connectivity index (χ1) is 16.8. The van der Waals surface area contributed by atoms with Crippen LogP contribution in [0.3, 0.4) is 0 Å². The van der Waals surface area contributed by atoms with Crippen LogP contribution in [-0.2, 0) is 16.6 Å². The summed E-state index contributed by atoms with van der Waals surface area (Å²) in [5, 5.41) is 0. The molecule has 0 saturated carbocycles. The maximum atomic E-state index is 13.1. The van der Waals surface area contributed by atoms with E-state index in [1.165, 1.54) is 31.4 Å². The number of carbonyl (C=O) groups is 1. The van der Waals surface area contributed by atoms with Gasteiger partial charge < -0.3 is 19.1 Å². The zero-order chi connectivity index (χ0) is 25.4. The van der Waals surface area contributed by atoms with Crippen molar-refractivity contribution in [2.24, 2.45) is 0 Å². The third-order valence-corrected chi connectivity index (χ3v) is 6.72. The van der Waals surface area contributed by atoms with E-state index in [4.69, 9.17) is 14.2 Å². The van der Waals surface area contributed by atoms with Crippen LogP contribution in [0, 0.1) is 0 Å². The zero-order valence-corrected chi connectivity index (χ0v) is 21.1. The minimum atomic E-state index is -3.81. The maximum absolute atomic E-state index is 13.1. The van der Waals surface area contributed by atoms with Crippen molar-refractivity contribution < 1.29 is 27.4 Å². The fraction of sp³-hybridized carbons (Fsp3) is 0.269. The van der Waals surface area contributed by atoms with Gasteiger partial charge >= 0.3 is 0 Å². The highest BCUT2D eigenvalue weighted by Crippen LogP contribution is 2.29. The van der Waals surface area contributed by atoms with Crippen LogP contribution < -0.4 is 18.9 Å². The average molecular weight is 499 g/mol. The molecule has 0 radical (unpaired) electrons. The van der Waals surface area contributed by atoms with Crippen LogP contribution in [0.25, 0.3) is 0 Å². The van der Waals surface area contributed by atoms with Crippen molar-refractivity contribution >= 4 is 21.6 Å². The third-order valence-electron chi connectivity index (χ3n) is 5.32. The molecule has 0 saturated heterocycles. The van der Waals surface area contributed by atoms with Crippen molar-refractivity contribution in [3.63, 3.8) is 0 Å². The second-order valence-corrected chi connectivity index (χ2v) is 9.28. The highest BCUT2D eigenvalue weighted by Gasteiger charge is 2.19. The molecule has 35 heavy (non-hydrogen) atoms. The summed E-state index contributed by atoms with van der Waals surface area (Å²) in [6.45, 7) is 5.17. The van der Waals surface area contributed by atoms with E-state index in [0.29, 0.717) is 48.2 Å². The van der Waals surface area contributed by atoms with E-state index in [0.717, 1.165) is 5.56 Å². The molecule has 1 amide bonds. The highest BCUT2D eigenvalue weighted by molar-refractivity contribution is 7.92. The molecule has 0 fully saturated rings. The van der Waals surface area contributed by atoms with E-state index in [2.05, 4.69) is 4.72 Å². The van der Waals surface area contributed by atoms with Crippen molar-refractivity contribution in [2.45, 2.75) is 25.3 Å². The van der Waals surface area contributed by atoms with Crippen molar-refractivity contribution in [3.05, 3.63) is 77.9 Å². The largest absolute Gasteiger partial charge is 0.497 e. The van der Waals surface area contributed by atoms with Crippen molar-refractivity contribution in [1.82, 2.24) is 4.90 Å². The van der Waals surface area contributed by atoms with Crippen LogP contribution >= 0.6 is 0 Å². The summed E-state index contributed by atoms with van der Waals surface area (Å²) in [5.74, 6) is 1.67. The van der Waals surface area contributed by atoms with Gasteiger partial charge in [0.2, 0.25) is 0 Å². The fourth-order valence-corrected chi connectivity index (χ4v) is 4.52. The van der Waals surface area contributed by atoms with Gasteiger partial charge in [0.1, 0.15) is 5.75 Å². The molecule has 1 N–H and O–H groups in total. The molecule has 3 rings (SSSR count). The van der Waals surface area contributed by atoms with E-state index in [1.54, 1.807) is 36.3 Å². The number of benzene rings is 3. The van der Waals surface area contributed by atoms with Crippen LogP contribution in [0.4, 0.5) is 5.69 Å². The molecule has 0 unspecified atom stereocenters. The number of ether oxygens (including phenoxy) is 3. The standard InChI is InChI=1S/C26H30N2O6S/c1-5-28(18-19-7-16-24(34-6-2)25(17-19)33-4)26(29)20-8-14-23(15-9-20)35(30,31)27-21-10-12-22(32-3)13-11-21/h7-17,27H,5-6,18H2,1-4H3. The molecule has 9 heteroatoms. The lowest BCUT2D eigenvalue weighted by molar-refractivity contribution is 0.0752. The second kappa shape index (κ2) is 11.6. The molecule has 0 atom stereocenters. The van der Waals surface area contributed by atoms with E-state index >= 15 is 0 Å². The van der Waals surface area contributed by atoms with Crippen molar-refractivity contribution in [2.75, 3.05) is 32.1 Å². The van der Waals surface area contributed by atoms with E-state index < -0.39 is 10.0 Å². The quantitative estimate of drug-likeness (QED) is 0.416. The van der Waals surface area contributed by atoms with Crippen LogP contribution in [-0.4, -0.2) is 46.6 Å². The molecule has 0 aliphatic rings. The van der Waals surface area contributed by atoms with Crippen LogP contribution in [0.1, 0.15) is 29.8 Å². The summed E-state index contributed by atoms with van der Waals surface area (Å²) in [6, 6.07) is 18.0. The monoisotopic (exact) mass is 498 g/mol. The Labute approximate surface area is 206 Å². The van der Waals surface area contributed by atoms with Gasteiger partial charge in [0.15, 0.2) is 11.5 Å². The lowest BCUT2D eigenvalue weighted by atomic mass is 10.1. The number of carbonyl (C=O) groups excluding carboxylic acids is 1. The number of amides is 1. The van der Waals surface area contributed by atoms with E-state index in [1.807, 2.05) is 32.0 Å². The minimum Gasteiger partial charge on any atom is -0.497 e. The Morgan fingerprint density at radius 1 is 0.886 bits per heavy atom. The Kier molecular flexibility index (Phi) is 8.59. The Hall–Kier alpha value is -3.72. The maximum Gasteiger partial charge on any atom is 0.261 e. The summed E-state index contributed by atoms with van der Waals surface area (Å²) in [6.07, 6.45) is 0. The Morgan fingerprint density at radius 3 is 2.14 bits per heavy atom. The van der Waals surface area contributed by atoms with Gasteiger partial charge in [-0.2, -0.15) is 0 Å². The Balaban J connectivity index is 1.73. The first kappa shape index (κ1) is 25.9. The second-order valence-electron chi connectivity index (χ2n) is 7.60. The van der Waals surface area contributed by atoms with Crippen LogP contribution in [0.5, 0.6) is 17.2 Å². The van der Waals surface area contributed by atoms with Gasteiger partial charge in [0, 0.05) is 24.3 Å². The number of nitrogens with zero attached hydrogens (tertiary/aromatic N) is 1. The number of sulfonamides is 1. The first-order valence-electron chi connectivity index (χ1n) is 11.2. The number of hydrogen-bond acceptors (Lipinski definition) is 6. The van der Waals surface area contributed by atoms with Gasteiger partial charge in [-0.3, -0.25) is 9.52 Å². The molecule has 3 aromatic rings. The predicted molar refractivity (Wildman–Crippen MR) is 135 cm³/mol. The molecule has 0 heterocycles. The van der Waals surface area contributed by atoms with Crippen LogP contribution in [0.2, 0.25) is 0 Å². The van der Waals surface area contributed by atoms with Gasteiger partial charge in [-0.1, -0.05) is 6.07 Å². The molecule has 186 valence electrons. The molecule has 8 nitrogen and oxygen atoms in total. The van der Waals surface area contributed by atoms with Gasteiger partial charge in [0.25, 0.3) is 15.9 Å². The van der Waals surface area contributed by atoms with Gasteiger partial charge in [-0.05, 0) is 80.1 Å². The molecule has 0 aliphatic carbocycles. The number of methoxy groups -OCH3 is 2. The molecule has 0 spiro atoms. The molecular formula is C26H30N2O6S. The fourth-order valence-electron chi connectivity index (χ4n) is 3.47. The summed E-state index contributed by atoms with van der Waals surface area (Å²) < 4.78 is 44.1. The predicted octanol–water partition coefficient (Wildman–Crippen LogP) is 4.57. The first-order valence-corrected chi connectivity index (χ1v) is 12.7. The van der Waals surface area contributed by atoms with Crippen molar-refractivity contribution in [1.29, 1.82) is 0 Å². The summed E-state index contributed by atoms with van der Waals surface area (Å²) in [5.41, 5.74) is 1.70. The topological polar surface area (TPSA) is 94.2 Å². The minimum absolute atomic E-state index is 0.0594. The van der Waals surface area contributed by atoms with Gasteiger partial charge in [0.05, 0.1) is 25.7 Å². The van der Waals surface area contributed by atoms with Gasteiger partial charge in [-0.25, -0.2) is 8.42 Å². The average Bonchev–Trinajstić information content (AvgIpc) is 2.88. The summed E-state index contributed by atoms with van der Waals surface area (Å²) in [7, 11) is -0.697. The molecule has 0 aliphatic heterocycles. The lowest BCUT2D eigenvalue weighted by Gasteiger charge is -2.22. The number of nitrogens with one attached hydrogen (secondary N) is 1. The number of hydrogen-bond donors (Lipinski definition) is 1. The third kappa shape index (κ3) is 6.45. The summed E-state index contributed by atoms with van der Waals surface area (Å²) in [4.78, 5) is 14.8. The van der Waals surface area contributed by atoms with Crippen LogP contribution in [0.15, 0.2) is 71.6 Å². The molecular weight excluding hydrogens is 468 g/mol. The number of anilines is 1. The number of rotatable bonds is 11.